The van der Waals surface area contributed by atoms with Crippen LogP contribution < -0.4 is 10.2 Å². The molecule has 2 amide bonds. The molecule has 10 heteroatoms. The Balaban J connectivity index is 1.65. The molecule has 0 radical (unpaired) electrons. The number of fused-ring (bicyclic) bond motifs is 1. The van der Waals surface area contributed by atoms with Gasteiger partial charge in [-0.15, -0.1) is 0 Å². The van der Waals surface area contributed by atoms with Crippen molar-refractivity contribution in [2.24, 2.45) is 0 Å². The third-order valence-electron chi connectivity index (χ3n) is 8.05. The predicted molar refractivity (Wildman–Crippen MR) is 151 cm³/mol. The number of carbonyl (C=O) groups excluding carboxylic acids is 2. The average molecular weight is 544 g/mol. The Morgan fingerprint density at radius 3 is 2.58 bits per heavy atom. The third-order valence-corrected chi connectivity index (χ3v) is 8.05. The van der Waals surface area contributed by atoms with Crippen molar-refractivity contribution in [1.29, 1.82) is 5.26 Å². The number of carbonyl (C=O) groups is 2. The molecular formula is C30H37N7O3. The monoisotopic (exact) mass is 543 g/mol. The number of β-amino-alcohol motifs (C(OH)–C–C–N with tert-alkyl or cyclic N) is 1. The lowest BCUT2D eigenvalue weighted by Crippen LogP contribution is -2.51. The Labute approximate surface area is 234 Å². The lowest BCUT2D eigenvalue weighted by atomic mass is 9.87. The number of hydrogen-bond donors (Lipinski definition) is 3. The highest BCUT2D eigenvalue weighted by atomic mass is 16.3. The number of imidazole rings is 1. The fourth-order valence-electron chi connectivity index (χ4n) is 5.86. The van der Waals surface area contributed by atoms with Crippen molar-refractivity contribution in [3.63, 3.8) is 0 Å². The van der Waals surface area contributed by atoms with Gasteiger partial charge in [-0.05, 0) is 36.0 Å². The Hall–Kier alpha value is -3.97. The zero-order valence-corrected chi connectivity index (χ0v) is 23.3. The number of H-pyrrole nitrogens is 1. The van der Waals surface area contributed by atoms with Crippen LogP contribution in [0.5, 0.6) is 0 Å². The number of amides is 2. The fourth-order valence-corrected chi connectivity index (χ4v) is 5.86. The van der Waals surface area contributed by atoms with E-state index >= 15 is 0 Å². The number of anilines is 1. The third kappa shape index (κ3) is 5.52. The van der Waals surface area contributed by atoms with E-state index in [1.165, 1.54) is 9.80 Å². The number of nitriles is 1. The van der Waals surface area contributed by atoms with E-state index in [2.05, 4.69) is 47.2 Å². The van der Waals surface area contributed by atoms with Crippen molar-refractivity contribution < 1.29 is 14.7 Å². The highest BCUT2D eigenvalue weighted by molar-refractivity contribution is 6.05. The SMILES string of the molecule is CC(C)(C)c1ccc(N(C(=O)[C@H]2C[C@@H](O)CN2C#N)C(C(=O)NC2CCCCC2)c2cncc3[nH]cnc23)cc1. The Morgan fingerprint density at radius 1 is 1.18 bits per heavy atom. The number of benzene rings is 1. The summed E-state index contributed by atoms with van der Waals surface area (Å²) < 4.78 is 0. The number of pyridine rings is 1. The van der Waals surface area contributed by atoms with Gasteiger partial charge in [0.15, 0.2) is 6.19 Å². The minimum Gasteiger partial charge on any atom is -0.391 e. The Bertz CT molecular complexity index is 1400. The van der Waals surface area contributed by atoms with Crippen LogP contribution in [-0.2, 0) is 15.0 Å². The van der Waals surface area contributed by atoms with Gasteiger partial charge in [-0.2, -0.15) is 5.26 Å². The van der Waals surface area contributed by atoms with Crippen LogP contribution in [0.2, 0.25) is 0 Å². The Morgan fingerprint density at radius 2 is 1.90 bits per heavy atom. The molecule has 210 valence electrons. The van der Waals surface area contributed by atoms with Crippen LogP contribution in [0.15, 0.2) is 43.0 Å². The van der Waals surface area contributed by atoms with Crippen LogP contribution in [-0.4, -0.2) is 61.5 Å². The van der Waals surface area contributed by atoms with Crippen LogP contribution in [0.1, 0.15) is 76.5 Å². The summed E-state index contributed by atoms with van der Waals surface area (Å²) in [5.41, 5.74) is 3.18. The van der Waals surface area contributed by atoms with E-state index in [9.17, 15) is 20.0 Å². The van der Waals surface area contributed by atoms with Crippen LogP contribution in [0.25, 0.3) is 11.0 Å². The summed E-state index contributed by atoms with van der Waals surface area (Å²) in [6.07, 6.45) is 11.1. The van der Waals surface area contributed by atoms with Crippen molar-refractivity contribution in [1.82, 2.24) is 25.2 Å². The van der Waals surface area contributed by atoms with E-state index in [-0.39, 0.29) is 30.3 Å². The molecule has 3 aromatic rings. The molecule has 1 saturated heterocycles. The first-order valence-corrected chi connectivity index (χ1v) is 14.0. The highest BCUT2D eigenvalue weighted by Gasteiger charge is 2.43. The summed E-state index contributed by atoms with van der Waals surface area (Å²) in [6.45, 7) is 6.40. The number of rotatable bonds is 6. The van der Waals surface area contributed by atoms with E-state index in [1.54, 1.807) is 18.7 Å². The van der Waals surface area contributed by atoms with Gasteiger partial charge in [0.25, 0.3) is 5.91 Å². The van der Waals surface area contributed by atoms with Crippen LogP contribution in [0.3, 0.4) is 0 Å². The second-order valence-electron chi connectivity index (χ2n) is 11.9. The molecule has 0 bridgehead atoms. The molecule has 1 unspecified atom stereocenters. The number of hydrogen-bond acceptors (Lipinski definition) is 7. The predicted octanol–water partition coefficient (Wildman–Crippen LogP) is 3.69. The molecule has 3 N–H and O–H groups in total. The van der Waals surface area contributed by atoms with E-state index in [4.69, 9.17) is 0 Å². The van der Waals surface area contributed by atoms with Gasteiger partial charge in [0.05, 0.1) is 36.2 Å². The largest absolute Gasteiger partial charge is 0.391 e. The lowest BCUT2D eigenvalue weighted by Gasteiger charge is -2.35. The van der Waals surface area contributed by atoms with Gasteiger partial charge in [0.1, 0.15) is 12.1 Å². The average Bonchev–Trinajstić information content (AvgIpc) is 3.58. The molecule has 2 aliphatic rings. The quantitative estimate of drug-likeness (QED) is 0.403. The molecule has 1 aromatic carbocycles. The first-order valence-electron chi connectivity index (χ1n) is 14.0. The summed E-state index contributed by atoms with van der Waals surface area (Å²) in [5.74, 6) is -0.752. The molecule has 2 aromatic heterocycles. The topological polar surface area (TPSA) is 138 Å². The van der Waals surface area contributed by atoms with Crippen LogP contribution in [0, 0.1) is 11.5 Å². The van der Waals surface area contributed by atoms with Gasteiger partial charge in [0, 0.05) is 29.9 Å². The smallest absolute Gasteiger partial charge is 0.251 e. The van der Waals surface area contributed by atoms with E-state index in [0.29, 0.717) is 22.3 Å². The maximum Gasteiger partial charge on any atom is 0.251 e. The zero-order valence-electron chi connectivity index (χ0n) is 23.3. The normalized spacial score (nSPS) is 20.7. The molecule has 1 aliphatic carbocycles. The van der Waals surface area contributed by atoms with E-state index < -0.39 is 24.1 Å². The van der Waals surface area contributed by atoms with E-state index in [0.717, 1.165) is 37.7 Å². The number of aromatic nitrogens is 3. The van der Waals surface area contributed by atoms with Crippen molar-refractivity contribution in [3.05, 3.63) is 54.1 Å². The molecule has 40 heavy (non-hydrogen) atoms. The van der Waals surface area contributed by atoms with Gasteiger partial charge < -0.3 is 15.4 Å². The fraction of sp³-hybridized carbons (Fsp3) is 0.500. The molecule has 10 nitrogen and oxygen atoms in total. The molecule has 1 aliphatic heterocycles. The van der Waals surface area contributed by atoms with Gasteiger partial charge in [-0.1, -0.05) is 52.2 Å². The second kappa shape index (κ2) is 11.3. The summed E-state index contributed by atoms with van der Waals surface area (Å²) in [7, 11) is 0. The minimum absolute atomic E-state index is 0.0132. The maximum atomic E-state index is 14.4. The van der Waals surface area contributed by atoms with Crippen molar-refractivity contribution >= 4 is 28.5 Å². The number of nitrogens with zero attached hydrogens (tertiary/aromatic N) is 5. The van der Waals surface area contributed by atoms with Crippen molar-refractivity contribution in [2.45, 2.75) is 88.9 Å². The maximum absolute atomic E-state index is 14.4. The first-order chi connectivity index (χ1) is 19.2. The number of likely N-dealkylation sites (tertiary alicyclic amines) is 1. The number of nitrogens with one attached hydrogen (secondary N) is 2. The summed E-state index contributed by atoms with van der Waals surface area (Å²) in [6, 6.07) is 5.64. The number of aliphatic hydroxyl groups is 1. The first kappa shape index (κ1) is 27.6. The molecule has 5 rings (SSSR count). The Kier molecular flexibility index (Phi) is 7.76. The van der Waals surface area contributed by atoms with E-state index in [1.807, 2.05) is 24.3 Å². The highest BCUT2D eigenvalue weighted by Crippen LogP contribution is 2.35. The van der Waals surface area contributed by atoms with Crippen LogP contribution in [0.4, 0.5) is 5.69 Å². The lowest BCUT2D eigenvalue weighted by molar-refractivity contribution is -0.128. The molecule has 3 atom stereocenters. The van der Waals surface area contributed by atoms with Gasteiger partial charge in [-0.3, -0.25) is 24.4 Å². The molecule has 3 heterocycles. The summed E-state index contributed by atoms with van der Waals surface area (Å²) >= 11 is 0. The van der Waals surface area contributed by atoms with Crippen molar-refractivity contribution in [2.75, 3.05) is 11.4 Å². The van der Waals surface area contributed by atoms with Crippen molar-refractivity contribution in [3.8, 4) is 6.19 Å². The van der Waals surface area contributed by atoms with Gasteiger partial charge in [-0.25, -0.2) is 4.98 Å². The molecule has 0 spiro atoms. The zero-order chi connectivity index (χ0) is 28.4. The molecule has 1 saturated carbocycles. The number of aliphatic hydroxyl groups excluding tert-OH is 1. The summed E-state index contributed by atoms with van der Waals surface area (Å²) in [5, 5.41) is 23.3. The van der Waals surface area contributed by atoms with Gasteiger partial charge in [0.2, 0.25) is 5.91 Å². The van der Waals surface area contributed by atoms with Gasteiger partial charge >= 0.3 is 0 Å². The molecule has 2 fully saturated rings. The number of aromatic amines is 1. The second-order valence-corrected chi connectivity index (χ2v) is 11.9. The summed E-state index contributed by atoms with van der Waals surface area (Å²) in [4.78, 5) is 43.3. The molecular weight excluding hydrogens is 506 g/mol. The standard InChI is InChI=1S/C30H37N7O3/c1-30(2,3)19-9-11-21(12-10-19)37(29(40)25-13-22(38)16-36(25)17-31)27(28(39)35-20-7-5-4-6-8-20)23-14-32-15-24-26(23)34-18-33-24/h9-12,14-15,18,20,22,25,27,38H,4-8,13,16H2,1-3H3,(H,33,34)(H,35,39)/t22-,25-,27?/m1/s1. The van der Waals surface area contributed by atoms with Crippen LogP contribution >= 0.6 is 0 Å². The minimum atomic E-state index is -1.09.